The molecule has 6 nitrogen and oxygen atoms in total. The fourth-order valence-electron chi connectivity index (χ4n) is 3.56. The van der Waals surface area contributed by atoms with Gasteiger partial charge in [-0.15, -0.1) is 24.0 Å². The van der Waals surface area contributed by atoms with Crippen molar-refractivity contribution in [2.24, 2.45) is 4.99 Å². The van der Waals surface area contributed by atoms with E-state index >= 15 is 0 Å². The van der Waals surface area contributed by atoms with Gasteiger partial charge in [0.15, 0.2) is 5.96 Å². The van der Waals surface area contributed by atoms with Gasteiger partial charge in [-0.2, -0.15) is 5.10 Å². The van der Waals surface area contributed by atoms with Gasteiger partial charge in [0, 0.05) is 19.3 Å². The number of halogens is 1. The first-order valence-corrected chi connectivity index (χ1v) is 10.1. The highest BCUT2D eigenvalue weighted by Gasteiger charge is 2.23. The first kappa shape index (κ1) is 22.7. The number of aliphatic imine (C=N–C) groups is 1. The molecule has 0 radical (unpaired) electrons. The Morgan fingerprint density at radius 3 is 2.57 bits per heavy atom. The van der Waals surface area contributed by atoms with E-state index in [1.54, 1.807) is 0 Å². The number of nitrogens with one attached hydrogen (secondary N) is 2. The zero-order valence-corrected chi connectivity index (χ0v) is 19.3. The standard InChI is InChI=1S/C21H32N6.HI/c1-3-22-21(23-11-14-27-17-18(2)15-25-27)24-16-20(26-12-7-8-13-26)19-9-5-4-6-10-19;/h4-6,9-10,15,17,20H,3,7-8,11-14,16H2,1-2H3,(H2,22,23,24);1H. The van der Waals surface area contributed by atoms with Crippen molar-refractivity contribution < 1.29 is 0 Å². The van der Waals surface area contributed by atoms with Crippen molar-refractivity contribution in [3.05, 3.63) is 53.9 Å². The van der Waals surface area contributed by atoms with Gasteiger partial charge in [0.2, 0.25) is 0 Å². The summed E-state index contributed by atoms with van der Waals surface area (Å²) < 4.78 is 1.96. The molecule has 1 aromatic carbocycles. The Labute approximate surface area is 185 Å². The van der Waals surface area contributed by atoms with Crippen molar-refractivity contribution in [3.63, 3.8) is 0 Å². The van der Waals surface area contributed by atoms with E-state index < -0.39 is 0 Å². The Balaban J connectivity index is 0.00000280. The fraction of sp³-hybridized carbons (Fsp3) is 0.524. The molecule has 0 aliphatic carbocycles. The van der Waals surface area contributed by atoms with Gasteiger partial charge < -0.3 is 10.6 Å². The fourth-order valence-corrected chi connectivity index (χ4v) is 3.56. The highest BCUT2D eigenvalue weighted by molar-refractivity contribution is 14.0. The van der Waals surface area contributed by atoms with Crippen molar-refractivity contribution in [2.75, 3.05) is 32.7 Å². The molecule has 0 saturated carbocycles. The van der Waals surface area contributed by atoms with Crippen LogP contribution in [0.2, 0.25) is 0 Å². The van der Waals surface area contributed by atoms with Crippen LogP contribution in [0.25, 0.3) is 0 Å². The first-order valence-electron chi connectivity index (χ1n) is 10.1. The Kier molecular flexibility index (Phi) is 9.77. The third-order valence-electron chi connectivity index (χ3n) is 4.93. The van der Waals surface area contributed by atoms with Crippen LogP contribution in [0.5, 0.6) is 0 Å². The molecule has 1 aliphatic heterocycles. The third-order valence-corrected chi connectivity index (χ3v) is 4.93. The zero-order chi connectivity index (χ0) is 18.9. The normalized spacial score (nSPS) is 15.9. The van der Waals surface area contributed by atoms with Gasteiger partial charge in [-0.1, -0.05) is 30.3 Å². The summed E-state index contributed by atoms with van der Waals surface area (Å²) in [7, 11) is 0. The molecule has 1 aliphatic rings. The van der Waals surface area contributed by atoms with Crippen molar-refractivity contribution in [2.45, 2.75) is 39.3 Å². The zero-order valence-electron chi connectivity index (χ0n) is 17.0. The van der Waals surface area contributed by atoms with Crippen molar-refractivity contribution >= 4 is 29.9 Å². The smallest absolute Gasteiger partial charge is 0.191 e. The summed E-state index contributed by atoms with van der Waals surface area (Å²) >= 11 is 0. The lowest BCUT2D eigenvalue weighted by Gasteiger charge is -2.27. The summed E-state index contributed by atoms with van der Waals surface area (Å²) in [6, 6.07) is 11.1. The monoisotopic (exact) mass is 496 g/mol. The van der Waals surface area contributed by atoms with Crippen LogP contribution < -0.4 is 10.6 Å². The minimum atomic E-state index is 0. The van der Waals surface area contributed by atoms with Crippen LogP contribution in [0.3, 0.4) is 0 Å². The molecule has 1 fully saturated rings. The molecular formula is C21H33IN6. The third kappa shape index (κ3) is 6.77. The quantitative estimate of drug-likeness (QED) is 0.335. The van der Waals surface area contributed by atoms with E-state index in [1.807, 2.05) is 10.9 Å². The van der Waals surface area contributed by atoms with Gasteiger partial charge in [-0.05, 0) is 50.9 Å². The number of hydrogen-bond acceptors (Lipinski definition) is 3. The Bertz CT molecular complexity index is 709. The van der Waals surface area contributed by atoms with E-state index in [1.165, 1.54) is 24.0 Å². The number of rotatable bonds is 8. The molecule has 1 unspecified atom stereocenters. The maximum atomic E-state index is 4.89. The molecule has 2 N–H and O–H groups in total. The summed E-state index contributed by atoms with van der Waals surface area (Å²) in [5, 5.41) is 11.1. The summed E-state index contributed by atoms with van der Waals surface area (Å²) in [5.41, 5.74) is 2.54. The van der Waals surface area contributed by atoms with Gasteiger partial charge in [-0.3, -0.25) is 14.6 Å². The predicted octanol–water partition coefficient (Wildman–Crippen LogP) is 3.20. The topological polar surface area (TPSA) is 57.5 Å². The van der Waals surface area contributed by atoms with E-state index in [-0.39, 0.29) is 24.0 Å². The molecular weight excluding hydrogens is 463 g/mol. The van der Waals surface area contributed by atoms with E-state index in [4.69, 9.17) is 4.99 Å². The number of benzene rings is 1. The second kappa shape index (κ2) is 12.1. The van der Waals surface area contributed by atoms with Crippen LogP contribution in [0.15, 0.2) is 47.7 Å². The van der Waals surface area contributed by atoms with Gasteiger partial charge in [0.25, 0.3) is 0 Å². The molecule has 1 aromatic heterocycles. The van der Waals surface area contributed by atoms with Crippen molar-refractivity contribution in [1.82, 2.24) is 25.3 Å². The molecule has 1 atom stereocenters. The van der Waals surface area contributed by atoms with Crippen LogP contribution in [0.4, 0.5) is 0 Å². The molecule has 0 bridgehead atoms. The van der Waals surface area contributed by atoms with Gasteiger partial charge in [0.1, 0.15) is 0 Å². The molecule has 154 valence electrons. The minimum absolute atomic E-state index is 0. The maximum absolute atomic E-state index is 4.89. The minimum Gasteiger partial charge on any atom is -0.357 e. The van der Waals surface area contributed by atoms with Crippen LogP contribution in [0, 0.1) is 6.92 Å². The number of aryl methyl sites for hydroxylation is 1. The van der Waals surface area contributed by atoms with Gasteiger partial charge in [-0.25, -0.2) is 0 Å². The average Bonchev–Trinajstić information content (AvgIpc) is 3.35. The molecule has 2 heterocycles. The van der Waals surface area contributed by atoms with Crippen LogP contribution in [-0.4, -0.2) is 53.4 Å². The molecule has 28 heavy (non-hydrogen) atoms. The molecule has 2 aromatic rings. The largest absolute Gasteiger partial charge is 0.357 e. The second-order valence-corrected chi connectivity index (χ2v) is 7.10. The molecule has 0 amide bonds. The SMILES string of the molecule is CCNC(=NCC(c1ccccc1)N1CCCC1)NCCn1cc(C)cn1.I. The highest BCUT2D eigenvalue weighted by Crippen LogP contribution is 2.25. The second-order valence-electron chi connectivity index (χ2n) is 7.10. The average molecular weight is 496 g/mol. The first-order chi connectivity index (χ1) is 13.3. The Morgan fingerprint density at radius 1 is 1.18 bits per heavy atom. The number of likely N-dealkylation sites (tertiary alicyclic amines) is 1. The van der Waals surface area contributed by atoms with Gasteiger partial charge >= 0.3 is 0 Å². The molecule has 3 rings (SSSR count). The maximum Gasteiger partial charge on any atom is 0.191 e. The van der Waals surface area contributed by atoms with Gasteiger partial charge in [0.05, 0.1) is 25.3 Å². The van der Waals surface area contributed by atoms with E-state index in [0.29, 0.717) is 6.04 Å². The summed E-state index contributed by atoms with van der Waals surface area (Å²) in [6.45, 7) is 9.73. The lowest BCUT2D eigenvalue weighted by Crippen LogP contribution is -2.39. The number of nitrogens with zero attached hydrogens (tertiary/aromatic N) is 4. The summed E-state index contributed by atoms with van der Waals surface area (Å²) in [4.78, 5) is 7.46. The Hall–Kier alpha value is -1.61. The van der Waals surface area contributed by atoms with Crippen molar-refractivity contribution in [3.8, 4) is 0 Å². The Morgan fingerprint density at radius 2 is 1.93 bits per heavy atom. The predicted molar refractivity (Wildman–Crippen MR) is 126 cm³/mol. The van der Waals surface area contributed by atoms with E-state index in [2.05, 4.69) is 71.0 Å². The van der Waals surface area contributed by atoms with Crippen LogP contribution in [-0.2, 0) is 6.54 Å². The van der Waals surface area contributed by atoms with E-state index in [0.717, 1.165) is 45.2 Å². The number of aromatic nitrogens is 2. The molecule has 0 spiro atoms. The number of hydrogen-bond donors (Lipinski definition) is 2. The molecule has 7 heteroatoms. The number of guanidine groups is 1. The molecule has 1 saturated heterocycles. The lowest BCUT2D eigenvalue weighted by atomic mass is 10.1. The lowest BCUT2D eigenvalue weighted by molar-refractivity contribution is 0.251. The van der Waals surface area contributed by atoms with Crippen LogP contribution >= 0.6 is 24.0 Å². The highest BCUT2D eigenvalue weighted by atomic mass is 127. The van der Waals surface area contributed by atoms with E-state index in [9.17, 15) is 0 Å². The van der Waals surface area contributed by atoms with Crippen molar-refractivity contribution in [1.29, 1.82) is 0 Å². The van der Waals surface area contributed by atoms with Crippen LogP contribution in [0.1, 0.15) is 36.9 Å². The summed E-state index contributed by atoms with van der Waals surface area (Å²) in [6.07, 6.45) is 6.52. The summed E-state index contributed by atoms with van der Waals surface area (Å²) in [5.74, 6) is 0.876.